The van der Waals surface area contributed by atoms with Crippen LogP contribution in [0, 0.1) is 10.1 Å². The number of nitrogens with one attached hydrogen (secondary N) is 1. The third-order valence-electron chi connectivity index (χ3n) is 2.15. The van der Waals surface area contributed by atoms with Gasteiger partial charge in [0.1, 0.15) is 5.69 Å². The monoisotopic (exact) mass is 228 g/mol. The number of hydrogen-bond acceptors (Lipinski definition) is 4. The van der Waals surface area contributed by atoms with E-state index < -0.39 is 4.92 Å². The molecule has 0 aliphatic carbocycles. The first-order valence-corrected chi connectivity index (χ1v) is 4.83. The summed E-state index contributed by atoms with van der Waals surface area (Å²) in [6, 6.07) is 4.59. The van der Waals surface area contributed by atoms with E-state index in [2.05, 4.69) is 5.32 Å². The first-order valence-electron chi connectivity index (χ1n) is 4.45. The van der Waals surface area contributed by atoms with Gasteiger partial charge in [-0.25, -0.2) is 0 Å². The number of rotatable bonds is 3. The summed E-state index contributed by atoms with van der Waals surface area (Å²) in [6.07, 6.45) is 0. The molecule has 0 spiro atoms. The molecule has 0 amide bonds. The largest absolute Gasteiger partial charge is 0.377 e. The fraction of sp³-hybridized carbons (Fsp3) is 0.333. The lowest BCUT2D eigenvalue weighted by molar-refractivity contribution is -0.384. The lowest BCUT2D eigenvalue weighted by atomic mass is 10.2. The fourth-order valence-corrected chi connectivity index (χ4v) is 1.49. The van der Waals surface area contributed by atoms with Crippen molar-refractivity contribution in [3.63, 3.8) is 0 Å². The van der Waals surface area contributed by atoms with Crippen molar-refractivity contribution in [2.45, 2.75) is 6.04 Å². The van der Waals surface area contributed by atoms with Crippen LogP contribution in [0.15, 0.2) is 18.2 Å². The lowest BCUT2D eigenvalue weighted by Gasteiger charge is -2.27. The number of halogens is 1. The van der Waals surface area contributed by atoms with Crippen molar-refractivity contribution < 1.29 is 9.66 Å². The van der Waals surface area contributed by atoms with Crippen LogP contribution in [0.1, 0.15) is 0 Å². The SMILES string of the molecule is O=[N+]([O-])c1ccc(Cl)cc1NC1COC1. The minimum absolute atomic E-state index is 0.0336. The Bertz CT molecular complexity index is 393. The van der Waals surface area contributed by atoms with Gasteiger partial charge in [-0.3, -0.25) is 10.1 Å². The highest BCUT2D eigenvalue weighted by Gasteiger charge is 2.22. The zero-order valence-corrected chi connectivity index (χ0v) is 8.53. The highest BCUT2D eigenvalue weighted by molar-refractivity contribution is 6.31. The highest BCUT2D eigenvalue weighted by Crippen LogP contribution is 2.28. The number of ether oxygens (including phenoxy) is 1. The first kappa shape index (κ1) is 10.2. The lowest BCUT2D eigenvalue weighted by Crippen LogP contribution is -2.40. The van der Waals surface area contributed by atoms with Crippen molar-refractivity contribution in [3.05, 3.63) is 33.3 Å². The minimum Gasteiger partial charge on any atom is -0.377 e. The van der Waals surface area contributed by atoms with Gasteiger partial charge in [-0.1, -0.05) is 11.6 Å². The van der Waals surface area contributed by atoms with Crippen LogP contribution in [0.5, 0.6) is 0 Å². The van der Waals surface area contributed by atoms with E-state index in [-0.39, 0.29) is 11.7 Å². The standard InChI is InChI=1S/C9H9ClN2O3/c10-6-1-2-9(12(13)14)8(3-6)11-7-4-15-5-7/h1-3,7,11H,4-5H2. The minimum atomic E-state index is -0.432. The number of nitro benzene ring substituents is 1. The van der Waals surface area contributed by atoms with Gasteiger partial charge in [-0.2, -0.15) is 0 Å². The molecule has 80 valence electrons. The topological polar surface area (TPSA) is 64.4 Å². The van der Waals surface area contributed by atoms with Crippen LogP contribution in [0.25, 0.3) is 0 Å². The maximum absolute atomic E-state index is 10.7. The van der Waals surface area contributed by atoms with Gasteiger partial charge in [-0.05, 0) is 12.1 Å². The van der Waals surface area contributed by atoms with Gasteiger partial charge in [0.2, 0.25) is 0 Å². The van der Waals surface area contributed by atoms with E-state index in [1.807, 2.05) is 0 Å². The summed E-state index contributed by atoms with van der Waals surface area (Å²) >= 11 is 5.77. The van der Waals surface area contributed by atoms with Crippen molar-refractivity contribution in [2.24, 2.45) is 0 Å². The average Bonchev–Trinajstić information content (AvgIpc) is 2.11. The van der Waals surface area contributed by atoms with E-state index >= 15 is 0 Å². The van der Waals surface area contributed by atoms with Crippen molar-refractivity contribution in [2.75, 3.05) is 18.5 Å². The Morgan fingerprint density at radius 3 is 2.80 bits per heavy atom. The molecule has 1 fully saturated rings. The molecule has 0 bridgehead atoms. The van der Waals surface area contributed by atoms with E-state index in [4.69, 9.17) is 16.3 Å². The predicted octanol–water partition coefficient (Wildman–Crippen LogP) is 2.06. The maximum Gasteiger partial charge on any atom is 0.292 e. The summed E-state index contributed by atoms with van der Waals surface area (Å²) in [6.45, 7) is 1.15. The van der Waals surface area contributed by atoms with Crippen LogP contribution >= 0.6 is 11.6 Å². The molecule has 1 aromatic carbocycles. The zero-order valence-electron chi connectivity index (χ0n) is 7.77. The molecule has 1 heterocycles. The van der Waals surface area contributed by atoms with Gasteiger partial charge in [0.15, 0.2) is 0 Å². The van der Waals surface area contributed by atoms with E-state index in [0.717, 1.165) is 0 Å². The molecule has 5 nitrogen and oxygen atoms in total. The maximum atomic E-state index is 10.7. The third kappa shape index (κ3) is 2.19. The molecule has 1 saturated heterocycles. The highest BCUT2D eigenvalue weighted by atomic mass is 35.5. The van der Waals surface area contributed by atoms with E-state index in [1.54, 1.807) is 6.07 Å². The second kappa shape index (κ2) is 4.04. The third-order valence-corrected chi connectivity index (χ3v) is 2.39. The first-order chi connectivity index (χ1) is 7.16. The van der Waals surface area contributed by atoms with Crippen LogP contribution < -0.4 is 5.32 Å². The van der Waals surface area contributed by atoms with Crippen LogP contribution in [0.4, 0.5) is 11.4 Å². The summed E-state index contributed by atoms with van der Waals surface area (Å²) in [7, 11) is 0. The van der Waals surface area contributed by atoms with Gasteiger partial charge in [0.25, 0.3) is 5.69 Å². The van der Waals surface area contributed by atoms with Crippen molar-refractivity contribution in [3.8, 4) is 0 Å². The molecule has 0 saturated carbocycles. The number of anilines is 1. The quantitative estimate of drug-likeness (QED) is 0.635. The van der Waals surface area contributed by atoms with Crippen LogP contribution in [0.2, 0.25) is 5.02 Å². The molecule has 15 heavy (non-hydrogen) atoms. The molecule has 0 atom stereocenters. The second-order valence-corrected chi connectivity index (χ2v) is 3.73. The Morgan fingerprint density at radius 2 is 2.27 bits per heavy atom. The Labute approximate surface area is 91.1 Å². The molecule has 1 aromatic rings. The fourth-order valence-electron chi connectivity index (χ4n) is 1.32. The molecule has 0 radical (unpaired) electrons. The Morgan fingerprint density at radius 1 is 1.53 bits per heavy atom. The molecular formula is C9H9ClN2O3. The second-order valence-electron chi connectivity index (χ2n) is 3.30. The van der Waals surface area contributed by atoms with Gasteiger partial charge >= 0.3 is 0 Å². The van der Waals surface area contributed by atoms with Crippen LogP contribution in [-0.2, 0) is 4.74 Å². The summed E-state index contributed by atoms with van der Waals surface area (Å²) in [5.41, 5.74) is 0.479. The number of hydrogen-bond donors (Lipinski definition) is 1. The summed E-state index contributed by atoms with van der Waals surface area (Å²) in [4.78, 5) is 10.3. The smallest absolute Gasteiger partial charge is 0.292 e. The normalized spacial score (nSPS) is 15.8. The van der Waals surface area contributed by atoms with Crippen molar-refractivity contribution in [1.29, 1.82) is 0 Å². The predicted molar refractivity (Wildman–Crippen MR) is 56.3 cm³/mol. The molecule has 6 heteroatoms. The van der Waals surface area contributed by atoms with Gasteiger partial charge in [0.05, 0.1) is 24.2 Å². The molecule has 1 N–H and O–H groups in total. The summed E-state index contributed by atoms with van der Waals surface area (Å²) in [5.74, 6) is 0. The van der Waals surface area contributed by atoms with E-state index in [1.165, 1.54) is 12.1 Å². The van der Waals surface area contributed by atoms with Gasteiger partial charge in [0, 0.05) is 11.1 Å². The number of nitro groups is 1. The molecule has 1 aliphatic heterocycles. The Balaban J connectivity index is 2.24. The molecule has 2 rings (SSSR count). The van der Waals surface area contributed by atoms with E-state index in [0.29, 0.717) is 23.9 Å². The van der Waals surface area contributed by atoms with Gasteiger partial charge < -0.3 is 10.1 Å². The molecule has 0 aromatic heterocycles. The van der Waals surface area contributed by atoms with Crippen molar-refractivity contribution in [1.82, 2.24) is 0 Å². The average molecular weight is 229 g/mol. The van der Waals surface area contributed by atoms with E-state index in [9.17, 15) is 10.1 Å². The van der Waals surface area contributed by atoms with Crippen LogP contribution in [0.3, 0.4) is 0 Å². The summed E-state index contributed by atoms with van der Waals surface area (Å²) in [5, 5.41) is 14.2. The zero-order chi connectivity index (χ0) is 10.8. The summed E-state index contributed by atoms with van der Waals surface area (Å²) < 4.78 is 4.97. The molecular weight excluding hydrogens is 220 g/mol. The Kier molecular flexibility index (Phi) is 2.75. The molecule has 0 unspecified atom stereocenters. The van der Waals surface area contributed by atoms with Crippen molar-refractivity contribution >= 4 is 23.0 Å². The van der Waals surface area contributed by atoms with Crippen LogP contribution in [-0.4, -0.2) is 24.2 Å². The Hall–Kier alpha value is -1.33. The van der Waals surface area contributed by atoms with Gasteiger partial charge in [-0.15, -0.1) is 0 Å². The molecule has 1 aliphatic rings. The number of nitrogens with zero attached hydrogens (tertiary/aromatic N) is 1. The number of benzene rings is 1.